The lowest BCUT2D eigenvalue weighted by Gasteiger charge is -2.37. The number of aryl methyl sites for hydroxylation is 1. The molecule has 0 saturated heterocycles. The molecule has 0 unspecified atom stereocenters. The zero-order chi connectivity index (χ0) is 59.5. The molecule has 0 saturated carbocycles. The van der Waals surface area contributed by atoms with E-state index in [0.717, 1.165) is 30.2 Å². The van der Waals surface area contributed by atoms with Crippen LogP contribution in [0.3, 0.4) is 0 Å². The van der Waals surface area contributed by atoms with Crippen LogP contribution >= 0.6 is 0 Å². The van der Waals surface area contributed by atoms with Gasteiger partial charge < -0.3 is 61.1 Å². The van der Waals surface area contributed by atoms with E-state index in [9.17, 15) is 71.0 Å². The van der Waals surface area contributed by atoms with Gasteiger partial charge in [-0.15, -0.1) is 0 Å². The third-order valence-corrected chi connectivity index (χ3v) is 14.5. The number of fused-ring (bicyclic) bond motifs is 5. The van der Waals surface area contributed by atoms with Gasteiger partial charge in [-0.3, -0.25) is 52.8 Å². The molecule has 2 aromatic carbocycles. The van der Waals surface area contributed by atoms with Gasteiger partial charge in [0.2, 0.25) is 35.6 Å². The predicted molar refractivity (Wildman–Crippen MR) is 273 cm³/mol. The highest BCUT2D eigenvalue weighted by Crippen LogP contribution is 2.48. The Morgan fingerprint density at radius 3 is 2.21 bits per heavy atom. The number of amides is 8. The van der Waals surface area contributed by atoms with Gasteiger partial charge in [0, 0.05) is 54.7 Å². The lowest BCUT2D eigenvalue weighted by Crippen LogP contribution is -2.56. The van der Waals surface area contributed by atoms with Gasteiger partial charge in [0.25, 0.3) is 23.3 Å². The highest BCUT2D eigenvalue weighted by Gasteiger charge is 2.50. The number of aliphatic hydroxyl groups is 1. The highest BCUT2D eigenvalue weighted by atomic mass is 19.4. The van der Waals surface area contributed by atoms with Crippen molar-refractivity contribution >= 4 is 70.1 Å². The second kappa shape index (κ2) is 24.0. The molecule has 8 N–H and O–H groups in total. The number of carboxylic acid groups (broad SMARTS) is 1. The maximum absolute atomic E-state index is 15.5. The lowest BCUT2D eigenvalue weighted by molar-refractivity contribution is -0.225. The molecule has 29 heteroatoms. The van der Waals surface area contributed by atoms with Gasteiger partial charge in [0.15, 0.2) is 5.60 Å². The van der Waals surface area contributed by atoms with Crippen LogP contribution in [0.2, 0.25) is 0 Å². The Labute approximate surface area is 461 Å². The summed E-state index contributed by atoms with van der Waals surface area (Å²) in [6, 6.07) is 6.61. The van der Waals surface area contributed by atoms with E-state index in [-0.39, 0.29) is 65.8 Å². The number of alkyl halides is 3. The first kappa shape index (κ1) is 59.2. The van der Waals surface area contributed by atoms with E-state index in [1.807, 2.05) is 0 Å². The van der Waals surface area contributed by atoms with Crippen molar-refractivity contribution in [2.24, 2.45) is 0 Å². The number of esters is 1. The van der Waals surface area contributed by atoms with Crippen LogP contribution < -0.4 is 37.5 Å². The number of carbonyl (C=O) groups excluding carboxylic acids is 9. The van der Waals surface area contributed by atoms with E-state index >= 15 is 4.39 Å². The number of imide groups is 1. The molecule has 4 aromatic rings. The summed E-state index contributed by atoms with van der Waals surface area (Å²) in [6.07, 6.45) is -6.97. The van der Waals surface area contributed by atoms with Crippen LogP contribution in [0.1, 0.15) is 64.8 Å². The average molecular weight is 1150 g/mol. The number of nitrogens with one attached hydrogen (secondary N) is 6. The molecule has 2 aromatic heterocycles. The number of hydrogen-bond acceptors (Lipinski definition) is 16. The summed E-state index contributed by atoms with van der Waals surface area (Å²) in [4.78, 5) is 148. The van der Waals surface area contributed by atoms with Crippen LogP contribution in [-0.2, 0) is 89.0 Å². The molecule has 434 valence electrons. The molecular formula is C53H54F4N10O15. The molecule has 3 aliphatic heterocycles. The fraction of sp³-hybridized carbons (Fsp3) is 0.396. The second-order valence-corrected chi connectivity index (χ2v) is 19.6. The van der Waals surface area contributed by atoms with Gasteiger partial charge in [-0.05, 0) is 54.5 Å². The molecular weight excluding hydrogens is 1090 g/mol. The minimum Gasteiger partial charge on any atom is -0.480 e. The number of carbonyl (C=O) groups is 10. The average Bonchev–Trinajstić information content (AvgIpc) is 2.07. The molecule has 0 spiro atoms. The van der Waals surface area contributed by atoms with Crippen molar-refractivity contribution in [3.63, 3.8) is 0 Å². The molecule has 25 nitrogen and oxygen atoms in total. The number of aliphatic carboxylic acids is 1. The number of hydrogen-bond donors (Lipinski definition) is 8. The number of aromatic nitrogens is 2. The fourth-order valence-corrected chi connectivity index (χ4v) is 10.3. The molecule has 5 atom stereocenters. The standard InChI is InChI=1S/C53H54F4N10O15/c1-4-52(80)30-15-35-45-28(22-66(35)49(77)29(30)23-81-51(52)79)44-34(11-10-27-25(2)31(54)16-32(64-45)43(27)44)65(3)50(78)46(53(55,56)57)82-24-62-38(69)19-60-47(75)33(14-26-8-6-5-7-9-26)63-39(70)20-59-37(68)18-61-48(76)36(17-58-21-42(73)74)67-40(71)12-13-41(67)72/h5-9,12-13,15-16,33-34,36,46,58,80H,4,10-11,14,17-24H2,1-3H3,(H,59,68)(H,60,75)(H,61,76)(H,62,69)(H,63,70)(H,73,74)/t33-,34-,36+,46-,52-/m0/s1. The predicted octanol–water partition coefficient (Wildman–Crippen LogP) is -0.962. The van der Waals surface area contributed by atoms with Crippen LogP contribution in [0.25, 0.3) is 22.3 Å². The first-order valence-electron chi connectivity index (χ1n) is 25.5. The Kier molecular flexibility index (Phi) is 17.3. The first-order valence-corrected chi connectivity index (χ1v) is 25.5. The third kappa shape index (κ3) is 12.1. The number of carboxylic acids is 1. The fourth-order valence-electron chi connectivity index (χ4n) is 10.3. The Morgan fingerprint density at radius 2 is 1.55 bits per heavy atom. The van der Waals surface area contributed by atoms with Crippen LogP contribution in [0, 0.1) is 12.7 Å². The van der Waals surface area contributed by atoms with E-state index in [1.54, 1.807) is 30.3 Å². The van der Waals surface area contributed by atoms with E-state index in [1.165, 1.54) is 24.5 Å². The molecule has 0 bridgehead atoms. The van der Waals surface area contributed by atoms with Crippen molar-refractivity contribution in [3.8, 4) is 11.4 Å². The summed E-state index contributed by atoms with van der Waals surface area (Å²) in [5.74, 6) is -11.1. The molecule has 0 fully saturated rings. The largest absolute Gasteiger partial charge is 0.480 e. The zero-order valence-electron chi connectivity index (χ0n) is 44.0. The van der Waals surface area contributed by atoms with Gasteiger partial charge in [0.1, 0.15) is 31.2 Å². The summed E-state index contributed by atoms with van der Waals surface area (Å²) >= 11 is 0. The molecule has 4 aliphatic rings. The summed E-state index contributed by atoms with van der Waals surface area (Å²) in [5, 5.41) is 34.3. The van der Waals surface area contributed by atoms with Crippen molar-refractivity contribution in [1.82, 2.24) is 51.3 Å². The Balaban J connectivity index is 0.898. The van der Waals surface area contributed by atoms with Gasteiger partial charge in [-0.2, -0.15) is 13.2 Å². The van der Waals surface area contributed by atoms with Crippen LogP contribution in [0.4, 0.5) is 17.6 Å². The summed E-state index contributed by atoms with van der Waals surface area (Å²) in [6.45, 7) is -2.31. The first-order chi connectivity index (χ1) is 38.8. The Morgan fingerprint density at radius 1 is 0.890 bits per heavy atom. The number of nitrogens with zero attached hydrogens (tertiary/aromatic N) is 4. The minimum absolute atomic E-state index is 0.00273. The smallest absolute Gasteiger partial charge is 0.423 e. The molecule has 8 rings (SSSR count). The zero-order valence-corrected chi connectivity index (χ0v) is 44.0. The number of pyridine rings is 2. The topological polar surface area (TPSA) is 343 Å². The summed E-state index contributed by atoms with van der Waals surface area (Å²) in [7, 11) is 1.12. The molecule has 5 heterocycles. The van der Waals surface area contributed by atoms with E-state index < -0.39 is 153 Å². The number of rotatable bonds is 22. The van der Waals surface area contributed by atoms with Crippen molar-refractivity contribution in [2.45, 2.75) is 88.7 Å². The van der Waals surface area contributed by atoms with Gasteiger partial charge in [-0.25, -0.2) is 14.2 Å². The van der Waals surface area contributed by atoms with E-state index in [0.29, 0.717) is 32.5 Å². The quantitative estimate of drug-likeness (QED) is 0.0179. The molecule has 0 radical (unpaired) electrons. The molecule has 1 aliphatic carbocycles. The van der Waals surface area contributed by atoms with Crippen molar-refractivity contribution in [1.29, 1.82) is 0 Å². The van der Waals surface area contributed by atoms with Gasteiger partial charge in [-0.1, -0.05) is 37.3 Å². The number of cyclic esters (lactones) is 1. The van der Waals surface area contributed by atoms with Crippen LogP contribution in [0.5, 0.6) is 0 Å². The van der Waals surface area contributed by atoms with Gasteiger partial charge in [0.05, 0.1) is 61.2 Å². The molecule has 8 amide bonds. The maximum atomic E-state index is 15.5. The minimum atomic E-state index is -5.36. The summed E-state index contributed by atoms with van der Waals surface area (Å²) < 4.78 is 71.6. The maximum Gasteiger partial charge on any atom is 0.423 e. The highest BCUT2D eigenvalue weighted by molar-refractivity contribution is 6.15. The van der Waals surface area contributed by atoms with Gasteiger partial charge >= 0.3 is 18.1 Å². The normalized spacial score (nSPS) is 17.9. The lowest BCUT2D eigenvalue weighted by atomic mass is 9.81. The third-order valence-electron chi connectivity index (χ3n) is 14.5. The number of ether oxygens (including phenoxy) is 2. The Bertz CT molecular complexity index is 3410. The Hall–Kier alpha value is -8.96. The SMILES string of the molecule is CC[C@@]1(O)C(=O)OCc2c1cc1n(c2=O)Cc2c-1nc1cc(F)c(C)c3c1c2[C@@H](N(C)C(=O)[C@H](OCNC(=O)CNC(=O)[C@H](Cc1ccccc1)NC(=O)CNC(=O)CNC(=O)[C@@H](CNCC(=O)O)N1C(=O)C=CC1=O)C(F)(F)F)CC3. The van der Waals surface area contributed by atoms with Crippen LogP contribution in [0.15, 0.2) is 59.4 Å². The number of likely N-dealkylation sites (N-methyl/N-ethyl adjacent to an activating group) is 1. The van der Waals surface area contributed by atoms with E-state index in [4.69, 9.17) is 19.6 Å². The van der Waals surface area contributed by atoms with Crippen LogP contribution in [-0.4, -0.2) is 160 Å². The number of benzene rings is 2. The van der Waals surface area contributed by atoms with Crippen molar-refractivity contribution < 1.29 is 85.2 Å². The second-order valence-electron chi connectivity index (χ2n) is 19.6. The van der Waals surface area contributed by atoms with E-state index in [2.05, 4.69) is 31.9 Å². The summed E-state index contributed by atoms with van der Waals surface area (Å²) in [5.41, 5.74) is -0.608. The monoisotopic (exact) mass is 1150 g/mol. The van der Waals surface area contributed by atoms with Crippen molar-refractivity contribution in [2.75, 3.05) is 46.5 Å². The molecule has 82 heavy (non-hydrogen) atoms. The van der Waals surface area contributed by atoms with Crippen molar-refractivity contribution in [3.05, 3.63) is 110 Å². The number of halogens is 4.